The smallest absolute Gasteiger partial charge is 0.324 e. The maximum absolute atomic E-state index is 13.4. The largest absolute Gasteiger partial charge is 0.444 e. The third kappa shape index (κ3) is 4.04. The molecule has 6 rings (SSSR count). The van der Waals surface area contributed by atoms with Crippen LogP contribution >= 0.6 is 11.3 Å². The average molecular weight is 462 g/mol. The Morgan fingerprint density at radius 2 is 1.82 bits per heavy atom. The summed E-state index contributed by atoms with van der Waals surface area (Å²) in [4.78, 5) is 26.2. The van der Waals surface area contributed by atoms with Crippen molar-refractivity contribution in [3.05, 3.63) is 59.2 Å². The second-order valence-electron chi connectivity index (χ2n) is 8.52. The first-order chi connectivity index (χ1) is 16.3. The molecule has 0 atom stereocenters. The number of thiophene rings is 1. The molecule has 1 aliphatic carbocycles. The zero-order chi connectivity index (χ0) is 22.2. The fourth-order valence-corrected chi connectivity index (χ4v) is 5.09. The first-order valence-corrected chi connectivity index (χ1v) is 12.1. The van der Waals surface area contributed by atoms with Gasteiger partial charge in [-0.2, -0.15) is 16.3 Å². The Labute approximate surface area is 194 Å². The minimum Gasteiger partial charge on any atom is -0.444 e. The Balaban J connectivity index is 1.13. The number of amides is 1. The van der Waals surface area contributed by atoms with Gasteiger partial charge in [-0.3, -0.25) is 4.79 Å². The molecule has 0 bridgehead atoms. The second-order valence-corrected chi connectivity index (χ2v) is 9.30. The lowest BCUT2D eigenvalue weighted by molar-refractivity contribution is 0.0629. The molecule has 0 spiro atoms. The standard InChI is InChI=1S/C24H23N5O3S/c30-23(17-3-1-16(2-4-17)21-13-25-15-31-21)29(19-5-6-19)20-7-10-28(11-8-20)24-26-22(27-32-24)18-9-12-33-14-18/h1-4,9,12-15,19-20H,5-8,10-11H2. The minimum absolute atomic E-state index is 0.109. The summed E-state index contributed by atoms with van der Waals surface area (Å²) in [6.07, 6.45) is 7.01. The summed E-state index contributed by atoms with van der Waals surface area (Å²) in [5.74, 6) is 1.43. The van der Waals surface area contributed by atoms with Crippen LogP contribution in [0.3, 0.4) is 0 Å². The summed E-state index contributed by atoms with van der Waals surface area (Å²) in [7, 11) is 0. The quantitative estimate of drug-likeness (QED) is 0.410. The Bertz CT molecular complexity index is 1210. The summed E-state index contributed by atoms with van der Waals surface area (Å²) >= 11 is 1.61. The Hall–Kier alpha value is -3.46. The first kappa shape index (κ1) is 20.2. The van der Waals surface area contributed by atoms with E-state index in [1.54, 1.807) is 17.5 Å². The molecule has 8 nitrogen and oxygen atoms in total. The number of aromatic nitrogens is 3. The van der Waals surface area contributed by atoms with E-state index >= 15 is 0 Å². The molecule has 3 aromatic heterocycles. The van der Waals surface area contributed by atoms with Crippen molar-refractivity contribution in [2.24, 2.45) is 0 Å². The van der Waals surface area contributed by atoms with Crippen LogP contribution < -0.4 is 4.90 Å². The van der Waals surface area contributed by atoms with Gasteiger partial charge in [0, 0.05) is 47.2 Å². The number of oxazole rings is 1. The summed E-state index contributed by atoms with van der Waals surface area (Å²) in [5, 5.41) is 8.14. The van der Waals surface area contributed by atoms with Crippen molar-refractivity contribution < 1.29 is 13.7 Å². The molecule has 4 heterocycles. The van der Waals surface area contributed by atoms with Gasteiger partial charge in [0.1, 0.15) is 0 Å². The molecular formula is C24H23N5O3S. The summed E-state index contributed by atoms with van der Waals surface area (Å²) in [5.41, 5.74) is 2.60. The van der Waals surface area contributed by atoms with Crippen LogP contribution in [0.5, 0.6) is 0 Å². The second kappa shape index (κ2) is 8.47. The highest BCUT2D eigenvalue weighted by molar-refractivity contribution is 7.08. The van der Waals surface area contributed by atoms with Crippen molar-refractivity contribution in [3.8, 4) is 22.7 Å². The predicted molar refractivity (Wildman–Crippen MR) is 124 cm³/mol. The lowest BCUT2D eigenvalue weighted by atomic mass is 10.0. The molecule has 0 N–H and O–H groups in total. The number of hydrogen-bond donors (Lipinski definition) is 0. The number of carbonyl (C=O) groups excluding carboxylic acids is 1. The first-order valence-electron chi connectivity index (χ1n) is 11.2. The van der Waals surface area contributed by atoms with E-state index in [9.17, 15) is 4.79 Å². The van der Waals surface area contributed by atoms with E-state index in [2.05, 4.69) is 24.9 Å². The molecule has 1 saturated carbocycles. The van der Waals surface area contributed by atoms with Crippen molar-refractivity contribution in [2.75, 3.05) is 18.0 Å². The molecule has 1 amide bonds. The third-order valence-electron chi connectivity index (χ3n) is 6.35. The number of piperidine rings is 1. The van der Waals surface area contributed by atoms with Gasteiger partial charge in [-0.1, -0.05) is 17.3 Å². The van der Waals surface area contributed by atoms with Crippen LogP contribution in [-0.4, -0.2) is 51.1 Å². The normalized spacial score (nSPS) is 16.8. The highest BCUT2D eigenvalue weighted by Gasteiger charge is 2.39. The van der Waals surface area contributed by atoms with E-state index in [-0.39, 0.29) is 11.9 Å². The molecule has 1 saturated heterocycles. The maximum atomic E-state index is 13.4. The van der Waals surface area contributed by atoms with Gasteiger partial charge in [0.15, 0.2) is 12.2 Å². The summed E-state index contributed by atoms with van der Waals surface area (Å²) in [6, 6.07) is 10.7. The Kier molecular flexibility index (Phi) is 5.18. The molecule has 168 valence electrons. The molecule has 1 aromatic carbocycles. The number of carbonyl (C=O) groups is 1. The van der Waals surface area contributed by atoms with Crippen LogP contribution in [0.1, 0.15) is 36.0 Å². The van der Waals surface area contributed by atoms with Crippen LogP contribution in [0, 0.1) is 0 Å². The van der Waals surface area contributed by atoms with Crippen molar-refractivity contribution in [1.82, 2.24) is 20.0 Å². The van der Waals surface area contributed by atoms with Crippen LogP contribution in [0.25, 0.3) is 22.7 Å². The van der Waals surface area contributed by atoms with Gasteiger partial charge in [-0.05, 0) is 49.3 Å². The van der Waals surface area contributed by atoms with E-state index < -0.39 is 0 Å². The van der Waals surface area contributed by atoms with Gasteiger partial charge in [0.25, 0.3) is 5.91 Å². The molecule has 9 heteroatoms. The number of anilines is 1. The minimum atomic E-state index is 0.109. The van der Waals surface area contributed by atoms with Crippen molar-refractivity contribution >= 4 is 23.3 Å². The fraction of sp³-hybridized carbons (Fsp3) is 0.333. The SMILES string of the molecule is O=C(c1ccc(-c2cnco2)cc1)N(C1CC1)C1CCN(c2nc(-c3ccsc3)no2)CC1. The molecule has 2 fully saturated rings. The van der Waals surface area contributed by atoms with Crippen LogP contribution in [0.2, 0.25) is 0 Å². The zero-order valence-corrected chi connectivity index (χ0v) is 18.8. The monoisotopic (exact) mass is 461 g/mol. The predicted octanol–water partition coefficient (Wildman–Crippen LogP) is 4.73. The van der Waals surface area contributed by atoms with Gasteiger partial charge in [0.05, 0.1) is 6.20 Å². The number of hydrogen-bond acceptors (Lipinski definition) is 8. The summed E-state index contributed by atoms with van der Waals surface area (Å²) < 4.78 is 10.9. The lowest BCUT2D eigenvalue weighted by Gasteiger charge is -2.38. The van der Waals surface area contributed by atoms with Crippen molar-refractivity contribution in [1.29, 1.82) is 0 Å². The molecule has 0 unspecified atom stereocenters. The van der Waals surface area contributed by atoms with E-state index in [0.717, 1.165) is 49.9 Å². The number of nitrogens with zero attached hydrogens (tertiary/aromatic N) is 5. The van der Waals surface area contributed by atoms with Crippen LogP contribution in [0.15, 0.2) is 62.6 Å². The Morgan fingerprint density at radius 1 is 1.03 bits per heavy atom. The van der Waals surface area contributed by atoms with Crippen molar-refractivity contribution in [3.63, 3.8) is 0 Å². The van der Waals surface area contributed by atoms with Gasteiger partial charge in [0.2, 0.25) is 5.82 Å². The van der Waals surface area contributed by atoms with Crippen LogP contribution in [0.4, 0.5) is 6.01 Å². The fourth-order valence-electron chi connectivity index (χ4n) is 4.46. The van der Waals surface area contributed by atoms with Gasteiger partial charge >= 0.3 is 6.01 Å². The van der Waals surface area contributed by atoms with Gasteiger partial charge in [-0.15, -0.1) is 0 Å². The average Bonchev–Trinajstić information content (AvgIpc) is 3.29. The molecular weight excluding hydrogens is 438 g/mol. The van der Waals surface area contributed by atoms with Gasteiger partial charge in [-0.25, -0.2) is 4.98 Å². The van der Waals surface area contributed by atoms with Crippen molar-refractivity contribution in [2.45, 2.75) is 37.8 Å². The van der Waals surface area contributed by atoms with E-state index in [1.165, 1.54) is 6.39 Å². The Morgan fingerprint density at radius 3 is 2.48 bits per heavy atom. The van der Waals surface area contributed by atoms with E-state index in [1.807, 2.05) is 41.1 Å². The molecule has 4 aromatic rings. The third-order valence-corrected chi connectivity index (χ3v) is 7.03. The van der Waals surface area contributed by atoms with Gasteiger partial charge < -0.3 is 18.7 Å². The lowest BCUT2D eigenvalue weighted by Crippen LogP contribution is -2.48. The highest BCUT2D eigenvalue weighted by Crippen LogP contribution is 2.34. The van der Waals surface area contributed by atoms with E-state index in [0.29, 0.717) is 29.2 Å². The molecule has 1 aliphatic heterocycles. The highest BCUT2D eigenvalue weighted by atomic mass is 32.1. The summed E-state index contributed by atoms with van der Waals surface area (Å²) in [6.45, 7) is 1.58. The number of benzene rings is 1. The molecule has 0 radical (unpaired) electrons. The molecule has 33 heavy (non-hydrogen) atoms. The van der Waals surface area contributed by atoms with Crippen LogP contribution in [-0.2, 0) is 0 Å². The maximum Gasteiger partial charge on any atom is 0.324 e. The zero-order valence-electron chi connectivity index (χ0n) is 18.0. The van der Waals surface area contributed by atoms with E-state index in [4.69, 9.17) is 8.94 Å². The topological polar surface area (TPSA) is 88.5 Å². The molecule has 2 aliphatic rings. The number of rotatable bonds is 6.